The molecule has 0 aromatic carbocycles. The number of hydrogen-bond acceptors (Lipinski definition) is 1. The fraction of sp³-hybridized carbons (Fsp3) is 1.00. The Hall–Kier alpha value is -0.0400. The molecular formula is C13H25N. The van der Waals surface area contributed by atoms with Gasteiger partial charge in [0.25, 0.3) is 0 Å². The fourth-order valence-corrected chi connectivity index (χ4v) is 2.50. The standard InChI is InChI=1S/C13H25N/c1-3-4-5-8-13(2)9-11(13)10-14-12-6-7-12/h11-12,14H,3-10H2,1-2H3. The van der Waals surface area contributed by atoms with Crippen LogP contribution in [0.1, 0.15) is 58.8 Å². The lowest BCUT2D eigenvalue weighted by Gasteiger charge is -2.11. The maximum absolute atomic E-state index is 3.66. The highest BCUT2D eigenvalue weighted by atomic mass is 15.0. The van der Waals surface area contributed by atoms with E-state index in [0.29, 0.717) is 0 Å². The van der Waals surface area contributed by atoms with Crippen LogP contribution in [0.2, 0.25) is 0 Å². The van der Waals surface area contributed by atoms with Gasteiger partial charge in [-0.25, -0.2) is 0 Å². The topological polar surface area (TPSA) is 12.0 Å². The molecule has 2 aliphatic carbocycles. The van der Waals surface area contributed by atoms with Gasteiger partial charge in [-0.2, -0.15) is 0 Å². The van der Waals surface area contributed by atoms with Crippen molar-refractivity contribution in [1.82, 2.24) is 5.32 Å². The molecule has 1 heteroatoms. The van der Waals surface area contributed by atoms with Crippen LogP contribution < -0.4 is 5.32 Å². The molecule has 2 aliphatic rings. The molecule has 0 amide bonds. The number of rotatable bonds is 7. The van der Waals surface area contributed by atoms with E-state index >= 15 is 0 Å². The first-order valence-electron chi connectivity index (χ1n) is 6.48. The van der Waals surface area contributed by atoms with E-state index in [0.717, 1.165) is 17.4 Å². The van der Waals surface area contributed by atoms with Gasteiger partial charge in [-0.3, -0.25) is 0 Å². The van der Waals surface area contributed by atoms with Crippen molar-refractivity contribution in [1.29, 1.82) is 0 Å². The second-order valence-electron chi connectivity index (χ2n) is 5.69. The van der Waals surface area contributed by atoms with Gasteiger partial charge in [-0.1, -0.05) is 33.1 Å². The van der Waals surface area contributed by atoms with E-state index in [1.165, 1.54) is 51.5 Å². The molecule has 0 heterocycles. The summed E-state index contributed by atoms with van der Waals surface area (Å²) in [5.41, 5.74) is 0.719. The summed E-state index contributed by atoms with van der Waals surface area (Å²) in [6.07, 6.45) is 10.1. The predicted octanol–water partition coefficient (Wildman–Crippen LogP) is 3.34. The van der Waals surface area contributed by atoms with Gasteiger partial charge in [0.15, 0.2) is 0 Å². The molecule has 82 valence electrons. The first-order chi connectivity index (χ1) is 6.74. The Morgan fingerprint density at radius 3 is 2.71 bits per heavy atom. The van der Waals surface area contributed by atoms with Gasteiger partial charge < -0.3 is 5.32 Å². The molecule has 2 unspecified atom stereocenters. The molecule has 0 bridgehead atoms. The Labute approximate surface area is 88.7 Å². The van der Waals surface area contributed by atoms with Gasteiger partial charge in [-0.05, 0) is 43.6 Å². The van der Waals surface area contributed by atoms with Crippen molar-refractivity contribution in [3.8, 4) is 0 Å². The Morgan fingerprint density at radius 1 is 1.29 bits per heavy atom. The molecule has 2 fully saturated rings. The lowest BCUT2D eigenvalue weighted by molar-refractivity contribution is 0.422. The van der Waals surface area contributed by atoms with E-state index in [9.17, 15) is 0 Å². The second kappa shape index (κ2) is 4.22. The quantitative estimate of drug-likeness (QED) is 0.614. The van der Waals surface area contributed by atoms with Crippen molar-refractivity contribution in [2.45, 2.75) is 64.8 Å². The highest BCUT2D eigenvalue weighted by Crippen LogP contribution is 2.55. The van der Waals surface area contributed by atoms with E-state index in [1.807, 2.05) is 0 Å². The largest absolute Gasteiger partial charge is 0.314 e. The Kier molecular flexibility index (Phi) is 3.16. The maximum Gasteiger partial charge on any atom is 0.00683 e. The van der Waals surface area contributed by atoms with Crippen molar-refractivity contribution < 1.29 is 0 Å². The van der Waals surface area contributed by atoms with Gasteiger partial charge in [0.05, 0.1) is 0 Å². The summed E-state index contributed by atoms with van der Waals surface area (Å²) in [5.74, 6) is 1.000. The van der Waals surface area contributed by atoms with Crippen molar-refractivity contribution in [2.75, 3.05) is 6.54 Å². The molecule has 14 heavy (non-hydrogen) atoms. The van der Waals surface area contributed by atoms with E-state index < -0.39 is 0 Å². The van der Waals surface area contributed by atoms with Crippen molar-refractivity contribution >= 4 is 0 Å². The molecule has 1 N–H and O–H groups in total. The first-order valence-corrected chi connectivity index (χ1v) is 6.48. The van der Waals surface area contributed by atoms with Gasteiger partial charge in [-0.15, -0.1) is 0 Å². The summed E-state index contributed by atoms with van der Waals surface area (Å²) in [7, 11) is 0. The van der Waals surface area contributed by atoms with Crippen molar-refractivity contribution in [2.24, 2.45) is 11.3 Å². The minimum atomic E-state index is 0.719. The number of nitrogens with one attached hydrogen (secondary N) is 1. The fourth-order valence-electron chi connectivity index (χ4n) is 2.50. The van der Waals surface area contributed by atoms with E-state index in [1.54, 1.807) is 0 Å². The van der Waals surface area contributed by atoms with Crippen LogP contribution in [0.4, 0.5) is 0 Å². The molecule has 2 rings (SSSR count). The third-order valence-electron chi connectivity index (χ3n) is 4.12. The summed E-state index contributed by atoms with van der Waals surface area (Å²) in [6, 6.07) is 0.899. The Bertz CT molecular complexity index is 186. The molecule has 0 radical (unpaired) electrons. The normalized spacial score (nSPS) is 36.0. The highest BCUT2D eigenvalue weighted by molar-refractivity contribution is 5.00. The average Bonchev–Trinajstić information content (AvgIpc) is 3.01. The second-order valence-corrected chi connectivity index (χ2v) is 5.69. The SMILES string of the molecule is CCCCCC1(C)CC1CNC1CC1. The minimum absolute atomic E-state index is 0.719. The predicted molar refractivity (Wildman–Crippen MR) is 61.4 cm³/mol. The van der Waals surface area contributed by atoms with Crippen LogP contribution in [0, 0.1) is 11.3 Å². The summed E-state index contributed by atoms with van der Waals surface area (Å²) < 4.78 is 0. The van der Waals surface area contributed by atoms with Crippen molar-refractivity contribution in [3.63, 3.8) is 0 Å². The van der Waals surface area contributed by atoms with Gasteiger partial charge in [0, 0.05) is 6.04 Å². The smallest absolute Gasteiger partial charge is 0.00683 e. The van der Waals surface area contributed by atoms with E-state index in [-0.39, 0.29) is 0 Å². The Morgan fingerprint density at radius 2 is 2.07 bits per heavy atom. The molecule has 0 aromatic heterocycles. The van der Waals surface area contributed by atoms with Gasteiger partial charge in [0.1, 0.15) is 0 Å². The third-order valence-corrected chi connectivity index (χ3v) is 4.12. The molecule has 0 aromatic rings. The van der Waals surface area contributed by atoms with Crippen LogP contribution in [0.5, 0.6) is 0 Å². The van der Waals surface area contributed by atoms with Crippen LogP contribution in [0.15, 0.2) is 0 Å². The first kappa shape index (κ1) is 10.5. The van der Waals surface area contributed by atoms with Crippen LogP contribution >= 0.6 is 0 Å². The number of hydrogen-bond donors (Lipinski definition) is 1. The lowest BCUT2D eigenvalue weighted by atomic mass is 9.98. The molecule has 0 saturated heterocycles. The van der Waals surface area contributed by atoms with Crippen LogP contribution in [0.25, 0.3) is 0 Å². The Balaban J connectivity index is 1.57. The van der Waals surface area contributed by atoms with Crippen LogP contribution in [0.3, 0.4) is 0 Å². The molecule has 0 spiro atoms. The summed E-state index contributed by atoms with van der Waals surface area (Å²) in [6.45, 7) is 6.08. The third kappa shape index (κ3) is 2.73. The molecular weight excluding hydrogens is 170 g/mol. The molecule has 0 aliphatic heterocycles. The number of unbranched alkanes of at least 4 members (excludes halogenated alkanes) is 2. The highest BCUT2D eigenvalue weighted by Gasteiger charge is 2.48. The molecule has 1 nitrogen and oxygen atoms in total. The summed E-state index contributed by atoms with van der Waals surface area (Å²) >= 11 is 0. The zero-order valence-electron chi connectivity index (χ0n) is 9.81. The van der Waals surface area contributed by atoms with Gasteiger partial charge >= 0.3 is 0 Å². The van der Waals surface area contributed by atoms with E-state index in [2.05, 4.69) is 19.2 Å². The zero-order valence-corrected chi connectivity index (χ0v) is 9.81. The van der Waals surface area contributed by atoms with Crippen molar-refractivity contribution in [3.05, 3.63) is 0 Å². The van der Waals surface area contributed by atoms with Crippen LogP contribution in [-0.4, -0.2) is 12.6 Å². The average molecular weight is 195 g/mol. The monoisotopic (exact) mass is 195 g/mol. The lowest BCUT2D eigenvalue weighted by Crippen LogP contribution is -2.21. The maximum atomic E-state index is 3.66. The van der Waals surface area contributed by atoms with E-state index in [4.69, 9.17) is 0 Å². The minimum Gasteiger partial charge on any atom is -0.314 e. The summed E-state index contributed by atoms with van der Waals surface area (Å²) in [5, 5.41) is 3.66. The van der Waals surface area contributed by atoms with Gasteiger partial charge in [0.2, 0.25) is 0 Å². The molecule has 2 atom stereocenters. The zero-order chi connectivity index (χ0) is 10.0. The molecule has 2 saturated carbocycles. The van der Waals surface area contributed by atoms with Crippen LogP contribution in [-0.2, 0) is 0 Å². The summed E-state index contributed by atoms with van der Waals surface area (Å²) in [4.78, 5) is 0.